The number of aliphatic carboxylic acids is 1. The molecule has 0 aromatic heterocycles. The first kappa shape index (κ1) is 16.4. The molecule has 2 N–H and O–H groups in total. The molecule has 0 heterocycles. The van der Waals surface area contributed by atoms with Gasteiger partial charge in [-0.15, -0.1) is 0 Å². The number of nitrogens with zero attached hydrogens (tertiary/aromatic N) is 1. The summed E-state index contributed by atoms with van der Waals surface area (Å²) < 4.78 is 0. The molecule has 104 valence electrons. The lowest BCUT2D eigenvalue weighted by atomic mass is 10.2. The van der Waals surface area contributed by atoms with Gasteiger partial charge in [0.2, 0.25) is 11.8 Å². The van der Waals surface area contributed by atoms with Gasteiger partial charge in [-0.05, 0) is 26.7 Å². The monoisotopic (exact) mass is 258 g/mol. The van der Waals surface area contributed by atoms with Gasteiger partial charge in [0.25, 0.3) is 0 Å². The molecule has 0 spiro atoms. The van der Waals surface area contributed by atoms with E-state index in [0.717, 1.165) is 0 Å². The van der Waals surface area contributed by atoms with Gasteiger partial charge < -0.3 is 15.3 Å². The van der Waals surface area contributed by atoms with Crippen LogP contribution in [-0.4, -0.2) is 47.4 Å². The van der Waals surface area contributed by atoms with Crippen molar-refractivity contribution in [3.05, 3.63) is 0 Å². The van der Waals surface area contributed by atoms with Crippen LogP contribution in [0.2, 0.25) is 0 Å². The van der Waals surface area contributed by atoms with Crippen LogP contribution in [0.4, 0.5) is 0 Å². The fourth-order valence-electron chi connectivity index (χ4n) is 1.41. The molecule has 0 aliphatic rings. The molecule has 18 heavy (non-hydrogen) atoms. The van der Waals surface area contributed by atoms with Crippen LogP contribution in [-0.2, 0) is 14.4 Å². The van der Waals surface area contributed by atoms with Gasteiger partial charge in [0.05, 0.1) is 6.54 Å². The Hall–Kier alpha value is -1.59. The number of carbonyl (C=O) groups excluding carboxylic acids is 2. The zero-order chi connectivity index (χ0) is 14.1. The SMILES string of the molecule is CC(C)NC(=O)CN(C)C(=O)CCCCC(=O)O. The van der Waals surface area contributed by atoms with Crippen molar-refractivity contribution in [2.75, 3.05) is 13.6 Å². The number of hydrogen-bond donors (Lipinski definition) is 2. The molecular formula is C12H22N2O4. The third-order valence-electron chi connectivity index (χ3n) is 2.29. The Morgan fingerprint density at radius 2 is 1.72 bits per heavy atom. The van der Waals surface area contributed by atoms with Crippen LogP contribution in [0.15, 0.2) is 0 Å². The summed E-state index contributed by atoms with van der Waals surface area (Å²) in [4.78, 5) is 34.6. The molecule has 0 rings (SSSR count). The van der Waals surface area contributed by atoms with Gasteiger partial charge in [-0.25, -0.2) is 0 Å². The van der Waals surface area contributed by atoms with Crippen molar-refractivity contribution in [1.29, 1.82) is 0 Å². The molecule has 0 saturated carbocycles. The lowest BCUT2D eigenvalue weighted by molar-refractivity contribution is -0.137. The molecule has 0 aromatic rings. The molecular weight excluding hydrogens is 236 g/mol. The molecule has 0 atom stereocenters. The van der Waals surface area contributed by atoms with Gasteiger partial charge in [-0.1, -0.05) is 0 Å². The van der Waals surface area contributed by atoms with E-state index < -0.39 is 5.97 Å². The summed E-state index contributed by atoms with van der Waals surface area (Å²) in [5.41, 5.74) is 0. The first-order chi connectivity index (χ1) is 8.32. The summed E-state index contributed by atoms with van der Waals surface area (Å²) in [5, 5.41) is 11.1. The maximum absolute atomic E-state index is 11.6. The van der Waals surface area contributed by atoms with Crippen molar-refractivity contribution in [2.45, 2.75) is 45.6 Å². The second kappa shape index (κ2) is 8.49. The molecule has 0 aromatic carbocycles. The zero-order valence-corrected chi connectivity index (χ0v) is 11.2. The maximum Gasteiger partial charge on any atom is 0.303 e. The van der Waals surface area contributed by atoms with Crippen molar-refractivity contribution < 1.29 is 19.5 Å². The van der Waals surface area contributed by atoms with Crippen LogP contribution in [0.25, 0.3) is 0 Å². The van der Waals surface area contributed by atoms with Crippen molar-refractivity contribution in [3.8, 4) is 0 Å². The molecule has 6 heteroatoms. The molecule has 0 aliphatic heterocycles. The standard InChI is InChI=1S/C12H22N2O4/c1-9(2)13-10(15)8-14(3)11(16)6-4-5-7-12(17)18/h9H,4-8H2,1-3H3,(H,13,15)(H,17,18). The van der Waals surface area contributed by atoms with Gasteiger partial charge in [-0.3, -0.25) is 14.4 Å². The Balaban J connectivity index is 3.82. The summed E-state index contributed by atoms with van der Waals surface area (Å²) in [5.74, 6) is -1.18. The van der Waals surface area contributed by atoms with Gasteiger partial charge in [0.1, 0.15) is 0 Å². The number of amides is 2. The van der Waals surface area contributed by atoms with E-state index in [1.54, 1.807) is 7.05 Å². The Morgan fingerprint density at radius 1 is 1.17 bits per heavy atom. The average molecular weight is 258 g/mol. The van der Waals surface area contributed by atoms with Crippen LogP contribution >= 0.6 is 0 Å². The molecule has 2 amide bonds. The Morgan fingerprint density at radius 3 is 2.22 bits per heavy atom. The van der Waals surface area contributed by atoms with Gasteiger partial charge in [0, 0.05) is 25.9 Å². The van der Waals surface area contributed by atoms with Gasteiger partial charge in [0.15, 0.2) is 0 Å². The highest BCUT2D eigenvalue weighted by Crippen LogP contribution is 2.02. The van der Waals surface area contributed by atoms with Gasteiger partial charge in [-0.2, -0.15) is 0 Å². The fraction of sp³-hybridized carbons (Fsp3) is 0.750. The fourth-order valence-corrected chi connectivity index (χ4v) is 1.41. The van der Waals surface area contributed by atoms with Crippen molar-refractivity contribution in [3.63, 3.8) is 0 Å². The van der Waals surface area contributed by atoms with Crippen LogP contribution < -0.4 is 5.32 Å². The van der Waals surface area contributed by atoms with E-state index in [2.05, 4.69) is 5.32 Å². The minimum absolute atomic E-state index is 0.0376. The molecule has 0 fully saturated rings. The van der Waals surface area contributed by atoms with E-state index in [4.69, 9.17) is 5.11 Å². The minimum Gasteiger partial charge on any atom is -0.481 e. The second-order valence-electron chi connectivity index (χ2n) is 4.57. The second-order valence-corrected chi connectivity index (χ2v) is 4.57. The quantitative estimate of drug-likeness (QED) is 0.625. The highest BCUT2D eigenvalue weighted by Gasteiger charge is 2.13. The number of hydrogen-bond acceptors (Lipinski definition) is 3. The van der Waals surface area contributed by atoms with E-state index in [-0.39, 0.29) is 37.2 Å². The van der Waals surface area contributed by atoms with Crippen LogP contribution in [0, 0.1) is 0 Å². The van der Waals surface area contributed by atoms with Gasteiger partial charge >= 0.3 is 5.97 Å². The summed E-state index contributed by atoms with van der Waals surface area (Å²) in [7, 11) is 1.57. The zero-order valence-electron chi connectivity index (χ0n) is 11.2. The third-order valence-corrected chi connectivity index (χ3v) is 2.29. The van der Waals surface area contributed by atoms with Crippen LogP contribution in [0.1, 0.15) is 39.5 Å². The Kier molecular flexibility index (Phi) is 7.74. The first-order valence-electron chi connectivity index (χ1n) is 6.08. The van der Waals surface area contributed by atoms with Crippen LogP contribution in [0.5, 0.6) is 0 Å². The Labute approximate surface area is 107 Å². The number of nitrogens with one attached hydrogen (secondary N) is 1. The normalized spacial score (nSPS) is 10.2. The largest absolute Gasteiger partial charge is 0.481 e. The summed E-state index contributed by atoms with van der Waals surface area (Å²) in [6, 6.07) is 0.0524. The number of carboxylic acid groups (broad SMARTS) is 1. The highest BCUT2D eigenvalue weighted by molar-refractivity contribution is 5.84. The maximum atomic E-state index is 11.6. The molecule has 0 unspecified atom stereocenters. The molecule has 6 nitrogen and oxygen atoms in total. The summed E-state index contributed by atoms with van der Waals surface area (Å²) in [6.45, 7) is 3.74. The van der Waals surface area contributed by atoms with E-state index in [1.165, 1.54) is 4.90 Å². The van der Waals surface area contributed by atoms with Crippen molar-refractivity contribution in [1.82, 2.24) is 10.2 Å². The molecule has 0 aliphatic carbocycles. The molecule has 0 saturated heterocycles. The lowest BCUT2D eigenvalue weighted by Crippen LogP contribution is -2.40. The number of unbranched alkanes of at least 4 members (excludes halogenated alkanes) is 1. The number of likely N-dealkylation sites (N-methyl/N-ethyl adjacent to an activating group) is 1. The summed E-state index contributed by atoms with van der Waals surface area (Å²) in [6.07, 6.45) is 1.36. The van der Waals surface area contributed by atoms with Crippen LogP contribution in [0.3, 0.4) is 0 Å². The van der Waals surface area contributed by atoms with E-state index >= 15 is 0 Å². The predicted octanol–water partition coefficient (Wildman–Crippen LogP) is 0.614. The first-order valence-corrected chi connectivity index (χ1v) is 6.08. The topological polar surface area (TPSA) is 86.7 Å². The molecule has 0 bridgehead atoms. The number of carbonyl (C=O) groups is 3. The minimum atomic E-state index is -0.855. The van der Waals surface area contributed by atoms with E-state index in [9.17, 15) is 14.4 Å². The van der Waals surface area contributed by atoms with Crippen molar-refractivity contribution in [2.24, 2.45) is 0 Å². The number of carboxylic acids is 1. The highest BCUT2D eigenvalue weighted by atomic mass is 16.4. The smallest absolute Gasteiger partial charge is 0.303 e. The predicted molar refractivity (Wildman–Crippen MR) is 67.0 cm³/mol. The average Bonchev–Trinajstić information content (AvgIpc) is 2.22. The number of rotatable bonds is 8. The third kappa shape index (κ3) is 8.55. The lowest BCUT2D eigenvalue weighted by Gasteiger charge is -2.17. The summed E-state index contributed by atoms with van der Waals surface area (Å²) >= 11 is 0. The van der Waals surface area contributed by atoms with E-state index in [1.807, 2.05) is 13.8 Å². The molecule has 0 radical (unpaired) electrons. The van der Waals surface area contributed by atoms with E-state index in [0.29, 0.717) is 12.8 Å². The Bertz CT molecular complexity index is 302. The van der Waals surface area contributed by atoms with Crippen molar-refractivity contribution >= 4 is 17.8 Å².